The number of thiocarbonyl (C=S) groups is 2. The lowest BCUT2D eigenvalue weighted by atomic mass is 10.0. The van der Waals surface area contributed by atoms with Crippen LogP contribution < -0.4 is 0 Å². The summed E-state index contributed by atoms with van der Waals surface area (Å²) in [6, 6.07) is 9.70. The molecule has 17 heavy (non-hydrogen) atoms. The quantitative estimate of drug-likeness (QED) is 0.622. The molecule has 0 saturated heterocycles. The summed E-state index contributed by atoms with van der Waals surface area (Å²) in [5, 5.41) is 8.96. The van der Waals surface area contributed by atoms with Crippen molar-refractivity contribution in [3.63, 3.8) is 0 Å². The highest BCUT2D eigenvalue weighted by Crippen LogP contribution is 2.14. The molecule has 1 N–H and O–H groups in total. The number of rotatable bonds is 6. The van der Waals surface area contributed by atoms with Crippen LogP contribution in [0.2, 0.25) is 0 Å². The number of carboxylic acid groups (broad SMARTS) is 1. The Balaban J connectivity index is 2.60. The van der Waals surface area contributed by atoms with Gasteiger partial charge in [0.1, 0.15) is 5.92 Å². The zero-order valence-corrected chi connectivity index (χ0v) is 11.5. The summed E-state index contributed by atoms with van der Waals surface area (Å²) in [4.78, 5) is 11.6. The summed E-state index contributed by atoms with van der Waals surface area (Å²) in [6.45, 7) is 0. The molecular weight excluding hydrogens is 272 g/mol. The number of hydrogen-bond acceptors (Lipinski definition) is 3. The number of carboxylic acids is 1. The number of thiol groups is 1. The Bertz CT molecular complexity index is 415. The third-order valence-corrected chi connectivity index (χ3v) is 3.18. The van der Waals surface area contributed by atoms with E-state index in [1.165, 1.54) is 0 Å². The molecule has 5 heteroatoms. The minimum Gasteiger partial charge on any atom is -0.481 e. The van der Waals surface area contributed by atoms with Crippen LogP contribution in [0.3, 0.4) is 0 Å². The fourth-order valence-corrected chi connectivity index (χ4v) is 2.12. The largest absolute Gasteiger partial charge is 0.481 e. The first-order valence-electron chi connectivity index (χ1n) is 5.02. The van der Waals surface area contributed by atoms with Crippen LogP contribution in [0.5, 0.6) is 0 Å². The van der Waals surface area contributed by atoms with Gasteiger partial charge in [0.25, 0.3) is 0 Å². The smallest absolute Gasteiger partial charge is 0.312 e. The van der Waals surface area contributed by atoms with Crippen molar-refractivity contribution < 1.29 is 9.90 Å². The molecule has 1 aromatic rings. The Morgan fingerprint density at radius 3 is 2.35 bits per heavy atom. The molecule has 1 rings (SSSR count). The molecular formula is C12H12O2S3. The van der Waals surface area contributed by atoms with Crippen molar-refractivity contribution in [2.45, 2.75) is 12.8 Å². The van der Waals surface area contributed by atoms with Crippen molar-refractivity contribution in [2.75, 3.05) is 0 Å². The first-order chi connectivity index (χ1) is 8.00. The third-order valence-electron chi connectivity index (χ3n) is 2.27. The normalized spacial score (nSPS) is 11.8. The van der Waals surface area contributed by atoms with Gasteiger partial charge >= 0.3 is 5.97 Å². The van der Waals surface area contributed by atoms with Crippen LogP contribution in [0.25, 0.3) is 0 Å². The minimum atomic E-state index is -0.972. The van der Waals surface area contributed by atoms with Gasteiger partial charge in [-0.15, -0.1) is 12.6 Å². The van der Waals surface area contributed by atoms with Gasteiger partial charge in [0.15, 0.2) is 0 Å². The lowest BCUT2D eigenvalue weighted by Gasteiger charge is -2.11. The maximum absolute atomic E-state index is 10.9. The predicted octanol–water partition coefficient (Wildman–Crippen LogP) is 2.95. The van der Waals surface area contributed by atoms with Gasteiger partial charge in [0.05, 0.1) is 4.20 Å². The Morgan fingerprint density at radius 1 is 1.29 bits per heavy atom. The number of aliphatic carboxylic acids is 1. The summed E-state index contributed by atoms with van der Waals surface area (Å²) >= 11 is 13.9. The van der Waals surface area contributed by atoms with E-state index < -0.39 is 11.9 Å². The van der Waals surface area contributed by atoms with Gasteiger partial charge < -0.3 is 5.11 Å². The molecule has 1 aromatic carbocycles. The highest BCUT2D eigenvalue weighted by molar-refractivity contribution is 8.11. The van der Waals surface area contributed by atoms with E-state index in [4.69, 9.17) is 29.5 Å². The van der Waals surface area contributed by atoms with Crippen LogP contribution in [0.15, 0.2) is 30.3 Å². The van der Waals surface area contributed by atoms with Crippen molar-refractivity contribution in [3.05, 3.63) is 35.9 Å². The van der Waals surface area contributed by atoms with E-state index in [1.807, 2.05) is 30.3 Å². The summed E-state index contributed by atoms with van der Waals surface area (Å²) < 4.78 is 0.174. The van der Waals surface area contributed by atoms with Crippen LogP contribution in [0.1, 0.15) is 12.0 Å². The first-order valence-corrected chi connectivity index (χ1v) is 6.28. The Kier molecular flexibility index (Phi) is 5.74. The summed E-state index contributed by atoms with van der Waals surface area (Å²) in [5.74, 6) is -1.75. The lowest BCUT2D eigenvalue weighted by Crippen LogP contribution is -2.22. The summed E-state index contributed by atoms with van der Waals surface area (Å²) in [6.07, 6.45) is 0.859. The van der Waals surface area contributed by atoms with Gasteiger partial charge in [0, 0.05) is 6.42 Å². The zero-order valence-electron chi connectivity index (χ0n) is 9.00. The summed E-state index contributed by atoms with van der Waals surface area (Å²) in [7, 11) is 0. The fourth-order valence-electron chi connectivity index (χ4n) is 1.40. The average molecular weight is 284 g/mol. The van der Waals surface area contributed by atoms with E-state index in [1.54, 1.807) is 0 Å². The van der Waals surface area contributed by atoms with Crippen LogP contribution in [-0.2, 0) is 11.2 Å². The SMILES string of the molecule is O=C(O)C(CC(=S)Cc1ccccc1)C(=S)S. The van der Waals surface area contributed by atoms with Gasteiger partial charge in [-0.2, -0.15) is 0 Å². The van der Waals surface area contributed by atoms with E-state index in [9.17, 15) is 4.79 Å². The summed E-state index contributed by atoms with van der Waals surface area (Å²) in [5.41, 5.74) is 1.08. The van der Waals surface area contributed by atoms with Crippen molar-refractivity contribution in [1.82, 2.24) is 0 Å². The van der Waals surface area contributed by atoms with Crippen LogP contribution in [-0.4, -0.2) is 20.1 Å². The maximum atomic E-state index is 10.9. The van der Waals surface area contributed by atoms with Gasteiger partial charge in [-0.3, -0.25) is 4.79 Å². The molecule has 0 aliphatic rings. The zero-order chi connectivity index (χ0) is 12.8. The van der Waals surface area contributed by atoms with Gasteiger partial charge in [-0.1, -0.05) is 54.8 Å². The number of benzene rings is 1. The molecule has 0 heterocycles. The molecule has 0 saturated carbocycles. The lowest BCUT2D eigenvalue weighted by molar-refractivity contribution is -0.139. The molecule has 0 bridgehead atoms. The molecule has 0 fully saturated rings. The van der Waals surface area contributed by atoms with E-state index >= 15 is 0 Å². The van der Waals surface area contributed by atoms with E-state index in [-0.39, 0.29) is 10.6 Å². The molecule has 0 aliphatic heterocycles. The highest BCUT2D eigenvalue weighted by Gasteiger charge is 2.21. The maximum Gasteiger partial charge on any atom is 0.312 e. The Labute approximate surface area is 116 Å². The average Bonchev–Trinajstić information content (AvgIpc) is 2.26. The Morgan fingerprint density at radius 2 is 1.88 bits per heavy atom. The van der Waals surface area contributed by atoms with Crippen molar-refractivity contribution in [2.24, 2.45) is 5.92 Å². The van der Waals surface area contributed by atoms with Crippen LogP contribution >= 0.6 is 37.1 Å². The van der Waals surface area contributed by atoms with Crippen molar-refractivity contribution in [1.29, 1.82) is 0 Å². The standard InChI is InChI=1S/C12H12O2S3/c13-11(14)10(12(16)17)7-9(15)6-8-4-2-1-3-5-8/h1-5,10H,6-7H2,(H,13,14)(H,16,17). The molecule has 0 amide bonds. The minimum absolute atomic E-state index is 0.174. The second-order valence-electron chi connectivity index (χ2n) is 3.63. The predicted molar refractivity (Wildman–Crippen MR) is 80.1 cm³/mol. The van der Waals surface area contributed by atoms with Crippen molar-refractivity contribution in [3.8, 4) is 0 Å². The number of carbonyl (C=O) groups is 1. The van der Waals surface area contributed by atoms with Crippen molar-refractivity contribution >= 4 is 52.1 Å². The molecule has 0 aromatic heterocycles. The van der Waals surface area contributed by atoms with E-state index in [0.29, 0.717) is 11.3 Å². The third kappa shape index (κ3) is 4.93. The highest BCUT2D eigenvalue weighted by atomic mass is 32.1. The fraction of sp³-hybridized carbons (Fsp3) is 0.250. The topological polar surface area (TPSA) is 37.3 Å². The van der Waals surface area contributed by atoms with Gasteiger partial charge in [0.2, 0.25) is 0 Å². The first kappa shape index (κ1) is 14.3. The molecule has 0 aliphatic carbocycles. The second-order valence-corrected chi connectivity index (χ2v) is 5.44. The molecule has 1 unspecified atom stereocenters. The molecule has 0 spiro atoms. The monoisotopic (exact) mass is 284 g/mol. The molecule has 2 nitrogen and oxygen atoms in total. The second kappa shape index (κ2) is 6.83. The van der Waals surface area contributed by atoms with Gasteiger partial charge in [-0.25, -0.2) is 0 Å². The number of hydrogen-bond donors (Lipinski definition) is 2. The Hall–Kier alpha value is -0.780. The van der Waals surface area contributed by atoms with Gasteiger partial charge in [-0.05, 0) is 16.8 Å². The van der Waals surface area contributed by atoms with E-state index in [0.717, 1.165) is 5.56 Å². The van der Waals surface area contributed by atoms with Crippen LogP contribution in [0.4, 0.5) is 0 Å². The molecule has 0 radical (unpaired) electrons. The molecule has 1 atom stereocenters. The van der Waals surface area contributed by atoms with Crippen LogP contribution in [0, 0.1) is 5.92 Å². The van der Waals surface area contributed by atoms with E-state index in [2.05, 4.69) is 12.6 Å². The molecule has 90 valence electrons.